The highest BCUT2D eigenvalue weighted by atomic mass is 16.6. The zero-order chi connectivity index (χ0) is 31.7. The van der Waals surface area contributed by atoms with Crippen molar-refractivity contribution in [2.75, 3.05) is 0 Å². The summed E-state index contributed by atoms with van der Waals surface area (Å²) in [6, 6.07) is 0. The van der Waals surface area contributed by atoms with E-state index in [1.807, 2.05) is 47.6 Å². The van der Waals surface area contributed by atoms with Gasteiger partial charge in [0.05, 0.1) is 0 Å². The van der Waals surface area contributed by atoms with Crippen molar-refractivity contribution in [3.05, 3.63) is 11.6 Å². The van der Waals surface area contributed by atoms with Gasteiger partial charge in [0.2, 0.25) is 0 Å². The number of ether oxygens (including phenoxy) is 4. The van der Waals surface area contributed by atoms with Crippen LogP contribution in [0.3, 0.4) is 0 Å². The predicted octanol–water partition coefficient (Wildman–Crippen LogP) is 3.89. The van der Waals surface area contributed by atoms with Crippen LogP contribution < -0.4 is 0 Å². The standard InChI is InChI=1S/C32H50O10/c1-10-12-22(35)41-28-24(16(3)4)25-20-14-17(5)27(40-19(7)34)26(37)30(42-23(36)13-11-2)31(20,8)15-21(39-18(6)33)32(25,9)29(28)38/h14,16,20-21,24-30,37-38H,10-13,15H2,1-9H3. The monoisotopic (exact) mass is 594 g/mol. The summed E-state index contributed by atoms with van der Waals surface area (Å²) in [6.45, 7) is 15.8. The molecule has 0 aromatic carbocycles. The summed E-state index contributed by atoms with van der Waals surface area (Å²) in [5.74, 6) is -3.36. The molecule has 2 fully saturated rings. The highest BCUT2D eigenvalue weighted by molar-refractivity contribution is 5.70. The second-order valence-electron chi connectivity index (χ2n) is 13.3. The quantitative estimate of drug-likeness (QED) is 0.229. The third kappa shape index (κ3) is 6.11. The maximum Gasteiger partial charge on any atom is 0.306 e. The van der Waals surface area contributed by atoms with Gasteiger partial charge in [0.25, 0.3) is 0 Å². The minimum atomic E-state index is -1.40. The number of fused-ring (bicyclic) bond motifs is 3. The van der Waals surface area contributed by atoms with Gasteiger partial charge in [-0.2, -0.15) is 0 Å². The molecule has 3 aliphatic carbocycles. The SMILES string of the molecule is CCCC(=O)OC1C(C(C)C)C2C3C=C(C)C(OC(C)=O)C(O)C(OC(=O)CCC)C3(C)CC(OC(C)=O)C2(C)C1O. The third-order valence-corrected chi connectivity index (χ3v) is 9.89. The molecule has 0 spiro atoms. The molecule has 10 heteroatoms. The van der Waals surface area contributed by atoms with Crippen LogP contribution in [0.5, 0.6) is 0 Å². The Morgan fingerprint density at radius 1 is 0.929 bits per heavy atom. The fourth-order valence-electron chi connectivity index (χ4n) is 8.05. The van der Waals surface area contributed by atoms with Gasteiger partial charge in [0.15, 0.2) is 6.10 Å². The van der Waals surface area contributed by atoms with Gasteiger partial charge in [-0.1, -0.05) is 47.6 Å². The molecular formula is C32H50O10. The fraction of sp³-hybridized carbons (Fsp3) is 0.812. The number of aliphatic hydroxyl groups is 2. The van der Waals surface area contributed by atoms with Gasteiger partial charge in [0.1, 0.15) is 30.5 Å². The molecule has 3 aliphatic rings. The van der Waals surface area contributed by atoms with Crippen LogP contribution in [0, 0.1) is 34.5 Å². The minimum Gasteiger partial charge on any atom is -0.462 e. The molecule has 0 saturated heterocycles. The molecule has 3 rings (SSSR count). The van der Waals surface area contributed by atoms with Gasteiger partial charge < -0.3 is 29.2 Å². The topological polar surface area (TPSA) is 146 Å². The zero-order valence-electron chi connectivity index (χ0n) is 26.5. The number of carbonyl (C=O) groups excluding carboxylic acids is 4. The van der Waals surface area contributed by atoms with Crippen LogP contribution in [0.2, 0.25) is 0 Å². The van der Waals surface area contributed by atoms with Crippen LogP contribution >= 0.6 is 0 Å². The van der Waals surface area contributed by atoms with Crippen molar-refractivity contribution in [1.29, 1.82) is 0 Å². The van der Waals surface area contributed by atoms with Crippen molar-refractivity contribution in [2.24, 2.45) is 34.5 Å². The van der Waals surface area contributed by atoms with Crippen LogP contribution in [0.15, 0.2) is 11.6 Å². The van der Waals surface area contributed by atoms with Gasteiger partial charge in [-0.05, 0) is 49.5 Å². The maximum absolute atomic E-state index is 13.0. The summed E-state index contributed by atoms with van der Waals surface area (Å²) in [7, 11) is 0. The second-order valence-corrected chi connectivity index (χ2v) is 13.3. The van der Waals surface area contributed by atoms with Crippen molar-refractivity contribution in [2.45, 2.75) is 131 Å². The lowest BCUT2D eigenvalue weighted by Crippen LogP contribution is -2.63. The largest absolute Gasteiger partial charge is 0.462 e. The molecule has 10 nitrogen and oxygen atoms in total. The summed E-state index contributed by atoms with van der Waals surface area (Å²) in [6.07, 6.45) is -2.93. The molecule has 11 unspecified atom stereocenters. The van der Waals surface area contributed by atoms with Gasteiger partial charge in [-0.25, -0.2) is 0 Å². The molecule has 0 aromatic rings. The van der Waals surface area contributed by atoms with Gasteiger partial charge in [0, 0.05) is 43.4 Å². The first-order valence-corrected chi connectivity index (χ1v) is 15.3. The molecule has 11 atom stereocenters. The Hall–Kier alpha value is -2.46. The molecule has 42 heavy (non-hydrogen) atoms. The number of aliphatic hydroxyl groups excluding tert-OH is 2. The molecule has 0 aromatic heterocycles. The Balaban J connectivity index is 2.30. The average molecular weight is 595 g/mol. The molecule has 0 heterocycles. The molecule has 0 radical (unpaired) electrons. The van der Waals surface area contributed by atoms with E-state index in [-0.39, 0.29) is 31.1 Å². The normalized spacial score (nSPS) is 39.3. The number of rotatable bonds is 9. The van der Waals surface area contributed by atoms with Crippen molar-refractivity contribution >= 4 is 23.9 Å². The van der Waals surface area contributed by atoms with Gasteiger partial charge >= 0.3 is 23.9 Å². The van der Waals surface area contributed by atoms with E-state index >= 15 is 0 Å². The Morgan fingerprint density at radius 2 is 1.48 bits per heavy atom. The first kappa shape index (κ1) is 34.0. The first-order valence-electron chi connectivity index (χ1n) is 15.3. The maximum atomic E-state index is 13.0. The molecule has 238 valence electrons. The summed E-state index contributed by atoms with van der Waals surface area (Å²) in [5.41, 5.74) is -1.49. The van der Waals surface area contributed by atoms with Crippen molar-refractivity contribution in [1.82, 2.24) is 0 Å². The number of allylic oxidation sites excluding steroid dienone is 1. The van der Waals surface area contributed by atoms with Gasteiger partial charge in [-0.3, -0.25) is 19.2 Å². The summed E-state index contributed by atoms with van der Waals surface area (Å²) >= 11 is 0. The lowest BCUT2D eigenvalue weighted by molar-refractivity contribution is -0.219. The smallest absolute Gasteiger partial charge is 0.306 e. The summed E-state index contributed by atoms with van der Waals surface area (Å²) in [4.78, 5) is 50.4. The minimum absolute atomic E-state index is 0.0709. The predicted molar refractivity (Wildman–Crippen MR) is 153 cm³/mol. The van der Waals surface area contributed by atoms with Crippen molar-refractivity contribution in [3.8, 4) is 0 Å². The van der Waals surface area contributed by atoms with E-state index in [2.05, 4.69) is 0 Å². The zero-order valence-corrected chi connectivity index (χ0v) is 26.5. The molecular weight excluding hydrogens is 544 g/mol. The lowest BCUT2D eigenvalue weighted by Gasteiger charge is -2.58. The van der Waals surface area contributed by atoms with E-state index in [4.69, 9.17) is 18.9 Å². The van der Waals surface area contributed by atoms with E-state index in [1.165, 1.54) is 13.8 Å². The number of hydrogen-bond donors (Lipinski definition) is 2. The molecule has 0 amide bonds. The van der Waals surface area contributed by atoms with E-state index in [9.17, 15) is 29.4 Å². The van der Waals surface area contributed by atoms with E-state index < -0.39 is 83.2 Å². The third-order valence-electron chi connectivity index (χ3n) is 9.89. The summed E-state index contributed by atoms with van der Waals surface area (Å²) < 4.78 is 23.6. The van der Waals surface area contributed by atoms with E-state index in [0.29, 0.717) is 18.4 Å². The molecule has 2 N–H and O–H groups in total. The van der Waals surface area contributed by atoms with Crippen molar-refractivity contribution in [3.63, 3.8) is 0 Å². The van der Waals surface area contributed by atoms with Crippen LogP contribution in [-0.2, 0) is 38.1 Å². The molecule has 0 bridgehead atoms. The van der Waals surface area contributed by atoms with Crippen LogP contribution in [0.4, 0.5) is 0 Å². The van der Waals surface area contributed by atoms with Crippen molar-refractivity contribution < 1.29 is 48.3 Å². The lowest BCUT2D eigenvalue weighted by atomic mass is 9.49. The van der Waals surface area contributed by atoms with Crippen LogP contribution in [0.25, 0.3) is 0 Å². The Bertz CT molecular complexity index is 1070. The Kier molecular flexibility index (Phi) is 10.6. The first-order chi connectivity index (χ1) is 19.5. The number of carbonyl (C=O) groups is 4. The average Bonchev–Trinajstić information content (AvgIpc) is 3.06. The highest BCUT2D eigenvalue weighted by Crippen LogP contribution is 2.67. The van der Waals surface area contributed by atoms with Crippen LogP contribution in [0.1, 0.15) is 94.4 Å². The highest BCUT2D eigenvalue weighted by Gasteiger charge is 2.72. The Morgan fingerprint density at radius 3 is 1.98 bits per heavy atom. The Labute approximate surface area is 249 Å². The number of hydrogen-bond acceptors (Lipinski definition) is 10. The molecule has 2 saturated carbocycles. The van der Waals surface area contributed by atoms with Gasteiger partial charge in [-0.15, -0.1) is 0 Å². The second kappa shape index (κ2) is 13.0. The van der Waals surface area contributed by atoms with E-state index in [1.54, 1.807) is 6.92 Å². The number of esters is 4. The molecule has 0 aliphatic heterocycles. The van der Waals surface area contributed by atoms with E-state index in [0.717, 1.165) is 0 Å². The van der Waals surface area contributed by atoms with Crippen LogP contribution in [-0.4, -0.2) is 70.7 Å². The summed E-state index contributed by atoms with van der Waals surface area (Å²) in [5, 5.41) is 23.7. The fourth-order valence-corrected chi connectivity index (χ4v) is 8.05.